The highest BCUT2D eigenvalue weighted by molar-refractivity contribution is 5.72. The molecule has 1 aromatic heterocycles. The summed E-state index contributed by atoms with van der Waals surface area (Å²) in [4.78, 5) is 4.52. The topological polar surface area (TPSA) is 47.3 Å². The van der Waals surface area contributed by atoms with Crippen molar-refractivity contribution in [2.75, 3.05) is 19.8 Å². The Morgan fingerprint density at radius 3 is 2.89 bits per heavy atom. The van der Waals surface area contributed by atoms with Crippen molar-refractivity contribution in [3.63, 3.8) is 0 Å². The molecule has 1 aromatic carbocycles. The van der Waals surface area contributed by atoms with Gasteiger partial charge in [0.05, 0.1) is 0 Å². The Labute approximate surface area is 114 Å². The van der Waals surface area contributed by atoms with Crippen molar-refractivity contribution < 1.29 is 9.15 Å². The van der Waals surface area contributed by atoms with E-state index in [2.05, 4.69) is 17.2 Å². The lowest BCUT2D eigenvalue weighted by molar-refractivity contribution is 0.135. The molecule has 0 amide bonds. The molecule has 0 aliphatic heterocycles. The molecular weight excluding hydrogens is 240 g/mol. The molecule has 0 saturated carbocycles. The molecule has 19 heavy (non-hydrogen) atoms. The Balaban J connectivity index is 1.98. The maximum atomic E-state index is 5.76. The van der Waals surface area contributed by atoms with Crippen LogP contribution in [-0.4, -0.2) is 30.8 Å². The zero-order chi connectivity index (χ0) is 13.5. The number of para-hydroxylation sites is 2. The monoisotopic (exact) mass is 262 g/mol. The molecule has 0 aliphatic rings. The number of fused-ring (bicyclic) bond motifs is 1. The standard InChI is InChI=1S/C15H22N2O2/c1-3-16-12(9-10-18-4-2)11-15-17-13-7-5-6-8-14(13)19-15/h5-8,12,16H,3-4,9-11H2,1-2H3. The molecule has 4 heteroatoms. The van der Waals surface area contributed by atoms with Crippen molar-refractivity contribution in [2.45, 2.75) is 32.7 Å². The van der Waals surface area contributed by atoms with Gasteiger partial charge in [0.15, 0.2) is 11.5 Å². The molecule has 0 saturated heterocycles. The smallest absolute Gasteiger partial charge is 0.197 e. The average molecular weight is 262 g/mol. The summed E-state index contributed by atoms with van der Waals surface area (Å²) in [7, 11) is 0. The summed E-state index contributed by atoms with van der Waals surface area (Å²) < 4.78 is 11.2. The molecule has 2 aromatic rings. The summed E-state index contributed by atoms with van der Waals surface area (Å²) >= 11 is 0. The van der Waals surface area contributed by atoms with Crippen LogP contribution in [0.4, 0.5) is 0 Å². The number of likely N-dealkylation sites (N-methyl/N-ethyl adjacent to an activating group) is 1. The van der Waals surface area contributed by atoms with E-state index in [1.165, 1.54) is 0 Å². The number of ether oxygens (including phenoxy) is 1. The van der Waals surface area contributed by atoms with Crippen LogP contribution in [0.1, 0.15) is 26.2 Å². The molecule has 0 fully saturated rings. The first-order valence-corrected chi connectivity index (χ1v) is 6.99. The normalized spacial score (nSPS) is 12.9. The summed E-state index contributed by atoms with van der Waals surface area (Å²) in [5.74, 6) is 0.795. The van der Waals surface area contributed by atoms with Crippen LogP contribution < -0.4 is 5.32 Å². The van der Waals surface area contributed by atoms with Gasteiger partial charge in [-0.1, -0.05) is 19.1 Å². The molecule has 0 bridgehead atoms. The van der Waals surface area contributed by atoms with Gasteiger partial charge in [-0.2, -0.15) is 0 Å². The van der Waals surface area contributed by atoms with Gasteiger partial charge in [0.2, 0.25) is 0 Å². The predicted molar refractivity (Wildman–Crippen MR) is 76.3 cm³/mol. The average Bonchev–Trinajstić information content (AvgIpc) is 2.81. The molecule has 1 unspecified atom stereocenters. The van der Waals surface area contributed by atoms with E-state index >= 15 is 0 Å². The van der Waals surface area contributed by atoms with Gasteiger partial charge in [-0.3, -0.25) is 0 Å². The maximum absolute atomic E-state index is 5.76. The Kier molecular flexibility index (Phi) is 5.36. The maximum Gasteiger partial charge on any atom is 0.197 e. The van der Waals surface area contributed by atoms with Gasteiger partial charge in [0.1, 0.15) is 5.52 Å². The number of rotatable bonds is 8. The van der Waals surface area contributed by atoms with E-state index in [1.807, 2.05) is 31.2 Å². The van der Waals surface area contributed by atoms with E-state index in [1.54, 1.807) is 0 Å². The first-order chi connectivity index (χ1) is 9.33. The van der Waals surface area contributed by atoms with Gasteiger partial charge in [-0.15, -0.1) is 0 Å². The van der Waals surface area contributed by atoms with Crippen LogP contribution in [0, 0.1) is 0 Å². The van der Waals surface area contributed by atoms with Crippen LogP contribution in [-0.2, 0) is 11.2 Å². The molecule has 2 rings (SSSR count). The van der Waals surface area contributed by atoms with E-state index in [0.29, 0.717) is 6.04 Å². The van der Waals surface area contributed by atoms with Crippen LogP contribution in [0.5, 0.6) is 0 Å². The third kappa shape index (κ3) is 4.04. The van der Waals surface area contributed by atoms with Crippen molar-refractivity contribution in [1.29, 1.82) is 0 Å². The number of aromatic nitrogens is 1. The van der Waals surface area contributed by atoms with Gasteiger partial charge in [0.25, 0.3) is 0 Å². The fourth-order valence-corrected chi connectivity index (χ4v) is 2.15. The van der Waals surface area contributed by atoms with Crippen LogP contribution in [0.2, 0.25) is 0 Å². The van der Waals surface area contributed by atoms with E-state index < -0.39 is 0 Å². The molecule has 4 nitrogen and oxygen atoms in total. The number of benzene rings is 1. The fourth-order valence-electron chi connectivity index (χ4n) is 2.15. The number of hydrogen-bond acceptors (Lipinski definition) is 4. The van der Waals surface area contributed by atoms with Crippen molar-refractivity contribution in [2.24, 2.45) is 0 Å². The van der Waals surface area contributed by atoms with E-state index in [0.717, 1.165) is 49.6 Å². The summed E-state index contributed by atoms with van der Waals surface area (Å²) in [6.45, 7) is 6.61. The highest BCUT2D eigenvalue weighted by atomic mass is 16.5. The SMILES string of the molecule is CCNC(CCOCC)Cc1nc2ccccc2o1. The predicted octanol–water partition coefficient (Wildman–Crippen LogP) is 2.78. The van der Waals surface area contributed by atoms with Crippen LogP contribution in [0.25, 0.3) is 11.1 Å². The Morgan fingerprint density at radius 2 is 2.16 bits per heavy atom. The molecule has 0 spiro atoms. The van der Waals surface area contributed by atoms with Crippen LogP contribution in [0.3, 0.4) is 0 Å². The Hall–Kier alpha value is -1.39. The van der Waals surface area contributed by atoms with Crippen molar-refractivity contribution >= 4 is 11.1 Å². The molecule has 1 atom stereocenters. The van der Waals surface area contributed by atoms with Gasteiger partial charge < -0.3 is 14.5 Å². The van der Waals surface area contributed by atoms with E-state index in [-0.39, 0.29) is 0 Å². The quantitative estimate of drug-likeness (QED) is 0.743. The second kappa shape index (κ2) is 7.26. The highest BCUT2D eigenvalue weighted by Crippen LogP contribution is 2.16. The minimum atomic E-state index is 0.351. The number of hydrogen-bond donors (Lipinski definition) is 1. The minimum absolute atomic E-state index is 0.351. The van der Waals surface area contributed by atoms with Gasteiger partial charge in [-0.05, 0) is 32.0 Å². The lowest BCUT2D eigenvalue weighted by atomic mass is 10.1. The first kappa shape index (κ1) is 14.0. The van der Waals surface area contributed by atoms with E-state index in [4.69, 9.17) is 9.15 Å². The molecule has 0 radical (unpaired) electrons. The second-order valence-corrected chi connectivity index (χ2v) is 4.52. The van der Waals surface area contributed by atoms with Crippen LogP contribution >= 0.6 is 0 Å². The van der Waals surface area contributed by atoms with Crippen LogP contribution in [0.15, 0.2) is 28.7 Å². The van der Waals surface area contributed by atoms with Gasteiger partial charge >= 0.3 is 0 Å². The minimum Gasteiger partial charge on any atom is -0.441 e. The van der Waals surface area contributed by atoms with Crippen molar-refractivity contribution in [3.8, 4) is 0 Å². The number of nitrogens with zero attached hydrogens (tertiary/aromatic N) is 1. The molecule has 1 N–H and O–H groups in total. The Bertz CT molecular complexity index is 463. The first-order valence-electron chi connectivity index (χ1n) is 6.99. The highest BCUT2D eigenvalue weighted by Gasteiger charge is 2.13. The van der Waals surface area contributed by atoms with Crippen molar-refractivity contribution in [1.82, 2.24) is 10.3 Å². The zero-order valence-corrected chi connectivity index (χ0v) is 11.7. The lowest BCUT2D eigenvalue weighted by Gasteiger charge is -2.15. The zero-order valence-electron chi connectivity index (χ0n) is 11.7. The third-order valence-electron chi connectivity index (χ3n) is 3.07. The Morgan fingerprint density at radius 1 is 1.32 bits per heavy atom. The molecule has 0 aliphatic carbocycles. The molecule has 1 heterocycles. The lowest BCUT2D eigenvalue weighted by Crippen LogP contribution is -2.32. The summed E-state index contributed by atoms with van der Waals surface area (Å²) in [6.07, 6.45) is 1.77. The largest absolute Gasteiger partial charge is 0.441 e. The summed E-state index contributed by atoms with van der Waals surface area (Å²) in [6, 6.07) is 8.23. The second-order valence-electron chi connectivity index (χ2n) is 4.52. The van der Waals surface area contributed by atoms with Gasteiger partial charge in [0, 0.05) is 25.7 Å². The summed E-state index contributed by atoms with van der Waals surface area (Å²) in [5, 5.41) is 3.45. The third-order valence-corrected chi connectivity index (χ3v) is 3.07. The number of oxazole rings is 1. The van der Waals surface area contributed by atoms with Crippen molar-refractivity contribution in [3.05, 3.63) is 30.2 Å². The molecular formula is C15H22N2O2. The summed E-state index contributed by atoms with van der Waals surface area (Å²) in [5.41, 5.74) is 1.79. The number of nitrogens with one attached hydrogen (secondary N) is 1. The van der Waals surface area contributed by atoms with E-state index in [9.17, 15) is 0 Å². The fraction of sp³-hybridized carbons (Fsp3) is 0.533. The van der Waals surface area contributed by atoms with Gasteiger partial charge in [-0.25, -0.2) is 4.98 Å². The molecule has 104 valence electrons.